The van der Waals surface area contributed by atoms with Crippen molar-refractivity contribution in [2.75, 3.05) is 25.1 Å². The van der Waals surface area contributed by atoms with E-state index in [1.165, 1.54) is 11.0 Å². The molecule has 0 saturated carbocycles. The molecule has 3 heterocycles. The lowest BCUT2D eigenvalue weighted by molar-refractivity contribution is -0.276. The van der Waals surface area contributed by atoms with E-state index in [9.17, 15) is 39.6 Å². The standard InChI is InChI=1S/C24H19ClF6N2O5S/c1-39(35,36)10-20(34)33-11-21(12-33)18-3-2-13(4-14(18)9-37-21)19-8-22(38-32-19,24(29,30)31)15-5-16(23(26,27)28)7-17(25)6-15/h2-7H,8-12H2,1H3/t22-/m0/s1. The van der Waals surface area contributed by atoms with E-state index in [0.29, 0.717) is 23.3 Å². The van der Waals surface area contributed by atoms with Crippen LogP contribution in [0.3, 0.4) is 0 Å². The van der Waals surface area contributed by atoms with Crippen molar-refractivity contribution >= 4 is 33.1 Å². The second-order valence-corrected chi connectivity index (χ2v) is 12.4. The van der Waals surface area contributed by atoms with Crippen molar-refractivity contribution in [3.63, 3.8) is 0 Å². The molecule has 15 heteroatoms. The van der Waals surface area contributed by atoms with Crippen LogP contribution in [0.5, 0.6) is 0 Å². The number of halogens is 7. The SMILES string of the molecule is CS(=O)(=O)CC(=O)N1CC2(C1)OCc1cc(C3=NO[C@@](c4cc(Cl)cc(C(F)(F)F)c4)(C(F)(F)F)C3)ccc12. The van der Waals surface area contributed by atoms with Gasteiger partial charge in [0.2, 0.25) is 5.91 Å². The Labute approximate surface area is 223 Å². The zero-order valence-corrected chi connectivity index (χ0v) is 21.6. The highest BCUT2D eigenvalue weighted by molar-refractivity contribution is 7.91. The maximum atomic E-state index is 14.3. The van der Waals surface area contributed by atoms with Crippen LogP contribution in [-0.4, -0.2) is 56.2 Å². The predicted octanol–water partition coefficient (Wildman–Crippen LogP) is 4.55. The fourth-order valence-corrected chi connectivity index (χ4v) is 5.87. The number of carbonyl (C=O) groups is 1. The van der Waals surface area contributed by atoms with Gasteiger partial charge in [0.25, 0.3) is 5.60 Å². The van der Waals surface area contributed by atoms with Crippen LogP contribution in [0.1, 0.15) is 34.2 Å². The van der Waals surface area contributed by atoms with Gasteiger partial charge < -0.3 is 14.5 Å². The van der Waals surface area contributed by atoms with Gasteiger partial charge in [0, 0.05) is 23.3 Å². The largest absolute Gasteiger partial charge is 0.435 e. The van der Waals surface area contributed by atoms with Crippen LogP contribution in [0.4, 0.5) is 26.3 Å². The van der Waals surface area contributed by atoms with Crippen LogP contribution in [0.2, 0.25) is 5.02 Å². The number of benzene rings is 2. The third-order valence-electron chi connectivity index (χ3n) is 6.94. The number of hydrogen-bond donors (Lipinski definition) is 0. The van der Waals surface area contributed by atoms with Crippen molar-refractivity contribution in [3.05, 3.63) is 69.2 Å². The fourth-order valence-electron chi connectivity index (χ4n) is 5.00. The summed E-state index contributed by atoms with van der Waals surface area (Å²) in [6.07, 6.45) is -10.0. The maximum Gasteiger partial charge on any atom is 0.435 e. The normalized spacial score (nSPS) is 22.4. The van der Waals surface area contributed by atoms with Crippen molar-refractivity contribution in [3.8, 4) is 0 Å². The lowest BCUT2D eigenvalue weighted by Crippen LogP contribution is -2.62. The molecule has 1 fully saturated rings. The maximum absolute atomic E-state index is 14.3. The summed E-state index contributed by atoms with van der Waals surface area (Å²) < 4.78 is 112. The summed E-state index contributed by atoms with van der Waals surface area (Å²) in [5, 5.41) is 3.07. The summed E-state index contributed by atoms with van der Waals surface area (Å²) in [7, 11) is -3.51. The number of nitrogens with zero attached hydrogens (tertiary/aromatic N) is 2. The summed E-state index contributed by atoms with van der Waals surface area (Å²) in [6, 6.07) is 6.32. The number of ether oxygens (including phenoxy) is 1. The van der Waals surface area contributed by atoms with E-state index in [0.717, 1.165) is 12.3 Å². The molecular formula is C24H19ClF6N2O5S. The van der Waals surface area contributed by atoms with E-state index in [4.69, 9.17) is 21.2 Å². The Morgan fingerprint density at radius 2 is 1.79 bits per heavy atom. The molecule has 7 nitrogen and oxygen atoms in total. The van der Waals surface area contributed by atoms with E-state index in [2.05, 4.69) is 5.16 Å². The molecule has 1 spiro atoms. The highest BCUT2D eigenvalue weighted by Crippen LogP contribution is 2.51. The van der Waals surface area contributed by atoms with Crippen LogP contribution in [0, 0.1) is 0 Å². The third-order valence-corrected chi connectivity index (χ3v) is 7.93. The van der Waals surface area contributed by atoms with Crippen molar-refractivity contribution in [1.29, 1.82) is 0 Å². The quantitative estimate of drug-likeness (QED) is 0.484. The Morgan fingerprint density at radius 3 is 2.41 bits per heavy atom. The smallest absolute Gasteiger partial charge is 0.374 e. The number of alkyl halides is 6. The number of amides is 1. The molecule has 0 aliphatic carbocycles. The molecule has 39 heavy (non-hydrogen) atoms. The molecule has 210 valence electrons. The molecule has 1 saturated heterocycles. The van der Waals surface area contributed by atoms with Crippen molar-refractivity contribution in [1.82, 2.24) is 4.90 Å². The molecule has 1 atom stereocenters. The Hall–Kier alpha value is -2.84. The van der Waals surface area contributed by atoms with Crippen molar-refractivity contribution in [2.24, 2.45) is 5.16 Å². The van der Waals surface area contributed by atoms with Gasteiger partial charge in [-0.2, -0.15) is 26.3 Å². The van der Waals surface area contributed by atoms with E-state index in [-0.39, 0.29) is 31.0 Å². The van der Waals surface area contributed by atoms with Crippen LogP contribution < -0.4 is 0 Å². The third kappa shape index (κ3) is 4.86. The van der Waals surface area contributed by atoms with Gasteiger partial charge in [0.15, 0.2) is 9.84 Å². The second-order valence-electron chi connectivity index (χ2n) is 9.83. The molecule has 5 rings (SSSR count). The lowest BCUT2D eigenvalue weighted by Gasteiger charge is -2.47. The first-order chi connectivity index (χ1) is 17.9. The van der Waals surface area contributed by atoms with Gasteiger partial charge in [-0.3, -0.25) is 4.79 Å². The number of oxime groups is 1. The Morgan fingerprint density at radius 1 is 1.10 bits per heavy atom. The minimum atomic E-state index is -5.14. The first kappa shape index (κ1) is 27.7. The Balaban J connectivity index is 1.39. The van der Waals surface area contributed by atoms with Gasteiger partial charge in [-0.05, 0) is 41.0 Å². The molecule has 1 amide bonds. The molecule has 0 N–H and O–H groups in total. The van der Waals surface area contributed by atoms with Crippen LogP contribution in [-0.2, 0) is 48.2 Å². The van der Waals surface area contributed by atoms with Gasteiger partial charge in [-0.15, -0.1) is 0 Å². The molecular weight excluding hydrogens is 578 g/mol. The Kier molecular flexibility index (Phi) is 6.28. The zero-order chi connectivity index (χ0) is 28.6. The van der Waals surface area contributed by atoms with Gasteiger partial charge >= 0.3 is 12.4 Å². The molecule has 0 aromatic heterocycles. The van der Waals surface area contributed by atoms with Crippen molar-refractivity contribution < 1.29 is 49.1 Å². The molecule has 0 unspecified atom stereocenters. The van der Waals surface area contributed by atoms with Crippen LogP contribution >= 0.6 is 11.6 Å². The average Bonchev–Trinajstić information content (AvgIpc) is 3.39. The van der Waals surface area contributed by atoms with E-state index < -0.39 is 67.6 Å². The van der Waals surface area contributed by atoms with E-state index in [1.54, 1.807) is 12.1 Å². The molecule has 0 bridgehead atoms. The first-order valence-corrected chi connectivity index (χ1v) is 13.8. The molecule has 3 aliphatic heterocycles. The van der Waals surface area contributed by atoms with Crippen LogP contribution in [0.25, 0.3) is 0 Å². The average molecular weight is 597 g/mol. The topological polar surface area (TPSA) is 85.3 Å². The summed E-state index contributed by atoms with van der Waals surface area (Å²) >= 11 is 5.74. The molecule has 2 aromatic carbocycles. The number of rotatable bonds is 4. The number of likely N-dealkylation sites (tertiary alicyclic amines) is 1. The molecule has 2 aromatic rings. The van der Waals surface area contributed by atoms with E-state index in [1.807, 2.05) is 0 Å². The van der Waals surface area contributed by atoms with Crippen molar-refractivity contribution in [2.45, 2.75) is 36.6 Å². The molecule has 0 radical (unpaired) electrons. The highest BCUT2D eigenvalue weighted by Gasteiger charge is 2.63. The lowest BCUT2D eigenvalue weighted by atomic mass is 9.83. The number of fused-ring (bicyclic) bond motifs is 2. The predicted molar refractivity (Wildman–Crippen MR) is 126 cm³/mol. The van der Waals surface area contributed by atoms with Gasteiger partial charge in [0.05, 0.1) is 31.0 Å². The summed E-state index contributed by atoms with van der Waals surface area (Å²) in [6.45, 7) is 0.315. The summed E-state index contributed by atoms with van der Waals surface area (Å²) in [5.74, 6) is -1.19. The number of sulfone groups is 1. The van der Waals surface area contributed by atoms with E-state index >= 15 is 0 Å². The monoisotopic (exact) mass is 596 g/mol. The Bertz CT molecular complexity index is 1500. The van der Waals surface area contributed by atoms with Crippen LogP contribution in [0.15, 0.2) is 41.6 Å². The number of hydrogen-bond acceptors (Lipinski definition) is 6. The van der Waals surface area contributed by atoms with Gasteiger partial charge in [0.1, 0.15) is 11.4 Å². The zero-order valence-electron chi connectivity index (χ0n) is 20.0. The number of carbonyl (C=O) groups excluding carboxylic acids is 1. The first-order valence-electron chi connectivity index (χ1n) is 11.4. The minimum Gasteiger partial charge on any atom is -0.374 e. The van der Waals surface area contributed by atoms with Gasteiger partial charge in [-0.1, -0.05) is 28.9 Å². The molecule has 3 aliphatic rings. The summed E-state index contributed by atoms with van der Waals surface area (Å²) in [5.41, 5.74) is -4.79. The minimum absolute atomic E-state index is 0.0824. The second kappa shape index (κ2) is 8.83. The highest BCUT2D eigenvalue weighted by atomic mass is 35.5. The fraction of sp³-hybridized carbons (Fsp3) is 0.417. The van der Waals surface area contributed by atoms with Gasteiger partial charge in [-0.25, -0.2) is 8.42 Å². The summed E-state index contributed by atoms with van der Waals surface area (Å²) in [4.78, 5) is 18.4.